The van der Waals surface area contributed by atoms with Crippen LogP contribution in [0.4, 0.5) is 0 Å². The number of nitrogens with one attached hydrogen (secondary N) is 1. The van der Waals surface area contributed by atoms with Crippen LogP contribution in [-0.4, -0.2) is 57.4 Å². The van der Waals surface area contributed by atoms with Crippen LogP contribution in [0.25, 0.3) is 0 Å². The monoisotopic (exact) mass is 236 g/mol. The molecule has 1 aliphatic rings. The van der Waals surface area contributed by atoms with E-state index in [4.69, 9.17) is 4.74 Å². The summed E-state index contributed by atoms with van der Waals surface area (Å²) in [4.78, 5) is 0. The Kier molecular flexibility index (Phi) is 4.51. The van der Waals surface area contributed by atoms with Crippen molar-refractivity contribution in [3.05, 3.63) is 0 Å². The van der Waals surface area contributed by atoms with Gasteiger partial charge in [0.05, 0.1) is 18.0 Å². The van der Waals surface area contributed by atoms with Crippen LogP contribution in [0.3, 0.4) is 0 Å². The smallest absolute Gasteiger partial charge is 0.218 e. The number of rotatable bonds is 4. The minimum Gasteiger partial charge on any atom is -0.376 e. The van der Waals surface area contributed by atoms with Crippen LogP contribution in [0.15, 0.2) is 0 Å². The van der Waals surface area contributed by atoms with Crippen molar-refractivity contribution in [1.82, 2.24) is 9.62 Å². The largest absolute Gasteiger partial charge is 0.376 e. The Hall–Kier alpha value is -0.170. The molecule has 2 atom stereocenters. The van der Waals surface area contributed by atoms with E-state index in [0.29, 0.717) is 26.2 Å². The van der Waals surface area contributed by atoms with E-state index in [9.17, 15) is 8.42 Å². The van der Waals surface area contributed by atoms with Gasteiger partial charge in [0.15, 0.2) is 0 Å². The molecule has 1 aliphatic heterocycles. The molecule has 5 nitrogen and oxygen atoms in total. The molecule has 0 spiro atoms. The van der Waals surface area contributed by atoms with Gasteiger partial charge in [-0.05, 0) is 20.9 Å². The molecule has 0 bridgehead atoms. The van der Waals surface area contributed by atoms with Crippen LogP contribution < -0.4 is 5.32 Å². The minimum atomic E-state index is -3.17. The molecule has 1 rings (SSSR count). The molecule has 0 radical (unpaired) electrons. The molecule has 1 saturated heterocycles. The van der Waals surface area contributed by atoms with Crippen molar-refractivity contribution in [3.8, 4) is 0 Å². The van der Waals surface area contributed by atoms with E-state index in [1.807, 2.05) is 6.92 Å². The summed E-state index contributed by atoms with van der Waals surface area (Å²) in [5.41, 5.74) is 0. The maximum absolute atomic E-state index is 12.1. The lowest BCUT2D eigenvalue weighted by Crippen LogP contribution is -2.49. The first-order valence-corrected chi connectivity index (χ1v) is 6.74. The lowest BCUT2D eigenvalue weighted by atomic mass is 10.3. The van der Waals surface area contributed by atoms with Crippen LogP contribution in [0.2, 0.25) is 0 Å². The highest BCUT2D eigenvalue weighted by atomic mass is 32.2. The highest BCUT2D eigenvalue weighted by Crippen LogP contribution is 2.13. The minimum absolute atomic E-state index is 0.00434. The molecular weight excluding hydrogens is 216 g/mol. The molecule has 1 heterocycles. The summed E-state index contributed by atoms with van der Waals surface area (Å²) in [6.07, 6.45) is -0.00434. The van der Waals surface area contributed by atoms with Crippen molar-refractivity contribution in [1.29, 1.82) is 0 Å². The fourth-order valence-electron chi connectivity index (χ4n) is 1.66. The lowest BCUT2D eigenvalue weighted by molar-refractivity contribution is 0.00992. The molecule has 0 aromatic carbocycles. The maximum atomic E-state index is 12.1. The van der Waals surface area contributed by atoms with Gasteiger partial charge in [-0.15, -0.1) is 0 Å². The molecule has 0 aromatic heterocycles. The zero-order valence-electron chi connectivity index (χ0n) is 9.56. The molecular formula is C9H20N2O3S. The number of morpholine rings is 1. The summed E-state index contributed by atoms with van der Waals surface area (Å²) >= 11 is 0. The van der Waals surface area contributed by atoms with E-state index in [2.05, 4.69) is 5.32 Å². The van der Waals surface area contributed by atoms with Crippen molar-refractivity contribution in [2.24, 2.45) is 0 Å². The molecule has 6 heteroatoms. The maximum Gasteiger partial charge on any atom is 0.218 e. The van der Waals surface area contributed by atoms with Crippen molar-refractivity contribution in [2.75, 3.05) is 33.3 Å². The van der Waals surface area contributed by atoms with Crippen LogP contribution in [0, 0.1) is 0 Å². The van der Waals surface area contributed by atoms with Crippen LogP contribution >= 0.6 is 0 Å². The first kappa shape index (κ1) is 12.9. The van der Waals surface area contributed by atoms with E-state index in [-0.39, 0.29) is 11.4 Å². The lowest BCUT2D eigenvalue weighted by Gasteiger charge is -2.32. The second kappa shape index (κ2) is 5.25. The van der Waals surface area contributed by atoms with Crippen LogP contribution in [-0.2, 0) is 14.8 Å². The van der Waals surface area contributed by atoms with Gasteiger partial charge in [0.25, 0.3) is 0 Å². The molecule has 0 aliphatic carbocycles. The zero-order valence-corrected chi connectivity index (χ0v) is 10.4. The highest BCUT2D eigenvalue weighted by Gasteiger charge is 2.31. The standard InChI is InChI=1S/C9H20N2O3S/c1-8-7-11(4-5-14-8)15(12,13)9(2)6-10-3/h8-10H,4-7H2,1-3H3. The van der Waals surface area contributed by atoms with Crippen molar-refractivity contribution < 1.29 is 13.2 Å². The third-order valence-electron chi connectivity index (χ3n) is 2.56. The Morgan fingerprint density at radius 3 is 2.80 bits per heavy atom. The van der Waals surface area contributed by atoms with E-state index < -0.39 is 10.0 Å². The van der Waals surface area contributed by atoms with Crippen molar-refractivity contribution in [3.63, 3.8) is 0 Å². The Morgan fingerprint density at radius 1 is 1.60 bits per heavy atom. The predicted octanol–water partition coefficient (Wildman–Crippen LogP) is -0.355. The molecule has 0 aromatic rings. The van der Waals surface area contributed by atoms with Gasteiger partial charge in [0, 0.05) is 19.6 Å². The Bertz CT molecular complexity index is 292. The normalized spacial score (nSPS) is 26.5. The Morgan fingerprint density at radius 2 is 2.27 bits per heavy atom. The van der Waals surface area contributed by atoms with E-state index in [1.54, 1.807) is 14.0 Å². The summed E-state index contributed by atoms with van der Waals surface area (Å²) in [6, 6.07) is 0. The third-order valence-corrected chi connectivity index (χ3v) is 4.80. The average molecular weight is 236 g/mol. The first-order valence-electron chi connectivity index (χ1n) is 5.23. The molecule has 90 valence electrons. The molecule has 15 heavy (non-hydrogen) atoms. The van der Waals surface area contributed by atoms with E-state index >= 15 is 0 Å². The first-order chi connectivity index (χ1) is 6.98. The number of hydrogen-bond acceptors (Lipinski definition) is 4. The van der Waals surface area contributed by atoms with Crippen LogP contribution in [0.1, 0.15) is 13.8 Å². The summed E-state index contributed by atoms with van der Waals surface area (Å²) < 4.78 is 31.0. The second-order valence-corrected chi connectivity index (χ2v) is 6.30. The summed E-state index contributed by atoms with van der Waals surface area (Å²) in [6.45, 7) is 5.54. The zero-order chi connectivity index (χ0) is 11.5. The molecule has 1 N–H and O–H groups in total. The van der Waals surface area contributed by atoms with Gasteiger partial charge >= 0.3 is 0 Å². The molecule has 0 saturated carbocycles. The van der Waals surface area contributed by atoms with Crippen molar-refractivity contribution >= 4 is 10.0 Å². The fraction of sp³-hybridized carbons (Fsp3) is 1.00. The SMILES string of the molecule is CNCC(C)S(=O)(=O)N1CCOC(C)C1. The molecule has 0 amide bonds. The van der Waals surface area contributed by atoms with Gasteiger partial charge < -0.3 is 10.1 Å². The van der Waals surface area contributed by atoms with Gasteiger partial charge in [-0.1, -0.05) is 0 Å². The van der Waals surface area contributed by atoms with Crippen molar-refractivity contribution in [2.45, 2.75) is 25.2 Å². The van der Waals surface area contributed by atoms with E-state index in [0.717, 1.165) is 0 Å². The Balaban J connectivity index is 2.67. The quantitative estimate of drug-likeness (QED) is 0.724. The fourth-order valence-corrected chi connectivity index (χ4v) is 3.30. The number of ether oxygens (including phenoxy) is 1. The number of nitrogens with zero attached hydrogens (tertiary/aromatic N) is 1. The summed E-state index contributed by atoms with van der Waals surface area (Å²) in [7, 11) is -1.41. The summed E-state index contributed by atoms with van der Waals surface area (Å²) in [5.74, 6) is 0. The predicted molar refractivity (Wildman–Crippen MR) is 59.3 cm³/mol. The highest BCUT2D eigenvalue weighted by molar-refractivity contribution is 7.89. The topological polar surface area (TPSA) is 58.6 Å². The number of sulfonamides is 1. The van der Waals surface area contributed by atoms with Gasteiger partial charge in [-0.2, -0.15) is 4.31 Å². The van der Waals surface area contributed by atoms with Crippen LogP contribution in [0.5, 0.6) is 0 Å². The third kappa shape index (κ3) is 3.14. The molecule has 1 fully saturated rings. The summed E-state index contributed by atoms with van der Waals surface area (Å²) in [5, 5.41) is 2.51. The van der Waals surface area contributed by atoms with Gasteiger partial charge in [-0.25, -0.2) is 8.42 Å². The molecule has 2 unspecified atom stereocenters. The van der Waals surface area contributed by atoms with Gasteiger partial charge in [-0.3, -0.25) is 0 Å². The van der Waals surface area contributed by atoms with Gasteiger partial charge in [0.2, 0.25) is 10.0 Å². The second-order valence-electron chi connectivity index (χ2n) is 3.95. The average Bonchev–Trinajstić information content (AvgIpc) is 2.18. The number of hydrogen-bond donors (Lipinski definition) is 1. The van der Waals surface area contributed by atoms with Gasteiger partial charge in [0.1, 0.15) is 0 Å². The van der Waals surface area contributed by atoms with E-state index in [1.165, 1.54) is 4.31 Å². The Labute approximate surface area is 91.8 Å².